The second-order valence-corrected chi connectivity index (χ2v) is 9.67. The van der Waals surface area contributed by atoms with E-state index in [0.717, 1.165) is 5.56 Å². The van der Waals surface area contributed by atoms with E-state index in [1.807, 2.05) is 13.8 Å². The van der Waals surface area contributed by atoms with E-state index in [2.05, 4.69) is 10.6 Å². The van der Waals surface area contributed by atoms with Crippen LogP contribution in [0.15, 0.2) is 24.3 Å². The molecule has 184 valence electrons. The summed E-state index contributed by atoms with van der Waals surface area (Å²) < 4.78 is 5.12. The quantitative estimate of drug-likeness (QED) is 0.316. The van der Waals surface area contributed by atoms with Crippen LogP contribution in [0.1, 0.15) is 46.6 Å². The van der Waals surface area contributed by atoms with E-state index in [4.69, 9.17) is 10.5 Å². The number of nitro groups is 1. The number of nitrogens with zero attached hydrogens (tertiary/aromatic N) is 1. The van der Waals surface area contributed by atoms with Gasteiger partial charge in [0, 0.05) is 11.3 Å². The van der Waals surface area contributed by atoms with E-state index in [9.17, 15) is 24.5 Å². The molecule has 0 unspecified atom stereocenters. The van der Waals surface area contributed by atoms with Crippen LogP contribution in [0.3, 0.4) is 0 Å². The number of carbonyl (C=O) groups is 3. The van der Waals surface area contributed by atoms with E-state index in [1.165, 1.54) is 0 Å². The lowest BCUT2D eigenvalue weighted by Gasteiger charge is -2.32. The van der Waals surface area contributed by atoms with Crippen molar-refractivity contribution in [2.75, 3.05) is 13.7 Å². The van der Waals surface area contributed by atoms with Gasteiger partial charge in [-0.15, -0.1) is 0 Å². The summed E-state index contributed by atoms with van der Waals surface area (Å²) in [7, 11) is 1.54. The smallest absolute Gasteiger partial charge is 0.243 e. The fourth-order valence-electron chi connectivity index (χ4n) is 3.42. The topological polar surface area (TPSA) is 154 Å². The molecule has 1 rings (SSSR count). The summed E-state index contributed by atoms with van der Waals surface area (Å²) in [5.74, 6) is -2.03. The van der Waals surface area contributed by atoms with Gasteiger partial charge in [-0.05, 0) is 35.4 Å². The molecular weight excluding hydrogens is 428 g/mol. The van der Waals surface area contributed by atoms with Crippen molar-refractivity contribution >= 4 is 17.7 Å². The second-order valence-electron chi connectivity index (χ2n) is 9.67. The standard InChI is InChI=1S/C23H36N4O6/c1-14(2)11-16(13-27(31)32)21(29)26-19(23(3,4)5)22(30)25-18(20(24)28)12-15-7-9-17(33-6)10-8-15/h7-10,14,16,18-19H,11-13H2,1-6H3,(H2,24,28)(H,25,30)(H,26,29)/t16-,18-,19-/m1/s1. The van der Waals surface area contributed by atoms with Crippen LogP contribution in [-0.4, -0.2) is 48.4 Å². The SMILES string of the molecule is COc1ccc(C[C@@H](NC(=O)[C@@H](NC(=O)[C@H](CC(C)C)C[N+](=O)[O-])C(C)(C)C)C(N)=O)cc1. The number of hydrogen-bond acceptors (Lipinski definition) is 6. The summed E-state index contributed by atoms with van der Waals surface area (Å²) in [5, 5.41) is 16.3. The Hall–Kier alpha value is -3.17. The molecule has 1 aromatic carbocycles. The molecule has 0 aliphatic carbocycles. The molecule has 3 atom stereocenters. The van der Waals surface area contributed by atoms with Crippen LogP contribution < -0.4 is 21.1 Å². The first-order valence-corrected chi connectivity index (χ1v) is 10.9. The molecule has 10 nitrogen and oxygen atoms in total. The minimum atomic E-state index is -1.02. The van der Waals surface area contributed by atoms with Crippen molar-refractivity contribution in [1.29, 1.82) is 0 Å². The summed E-state index contributed by atoms with van der Waals surface area (Å²) >= 11 is 0. The van der Waals surface area contributed by atoms with Crippen LogP contribution in [0.5, 0.6) is 5.75 Å². The highest BCUT2D eigenvalue weighted by atomic mass is 16.6. The Morgan fingerprint density at radius 1 is 1.09 bits per heavy atom. The van der Waals surface area contributed by atoms with E-state index < -0.39 is 52.6 Å². The first kappa shape index (κ1) is 27.9. The molecule has 10 heteroatoms. The maximum absolute atomic E-state index is 13.1. The number of nitrogens with two attached hydrogens (primary N) is 1. The van der Waals surface area contributed by atoms with Crippen molar-refractivity contribution < 1.29 is 24.0 Å². The van der Waals surface area contributed by atoms with Gasteiger partial charge < -0.3 is 21.1 Å². The Morgan fingerprint density at radius 2 is 1.67 bits per heavy atom. The summed E-state index contributed by atoms with van der Waals surface area (Å²) in [6.45, 7) is 8.47. The zero-order chi connectivity index (χ0) is 25.3. The number of amides is 3. The van der Waals surface area contributed by atoms with E-state index >= 15 is 0 Å². The van der Waals surface area contributed by atoms with Gasteiger partial charge in [-0.3, -0.25) is 24.5 Å². The van der Waals surface area contributed by atoms with Crippen LogP contribution in [0.2, 0.25) is 0 Å². The van der Waals surface area contributed by atoms with E-state index in [-0.39, 0.29) is 12.3 Å². The molecule has 0 heterocycles. The maximum atomic E-state index is 13.1. The molecule has 0 aliphatic heterocycles. The highest BCUT2D eigenvalue weighted by molar-refractivity contribution is 5.92. The fraction of sp³-hybridized carbons (Fsp3) is 0.609. The third-order valence-electron chi connectivity index (χ3n) is 5.17. The number of ether oxygens (including phenoxy) is 1. The molecule has 3 amide bonds. The molecule has 4 N–H and O–H groups in total. The molecule has 0 saturated carbocycles. The van der Waals surface area contributed by atoms with Crippen molar-refractivity contribution in [1.82, 2.24) is 10.6 Å². The van der Waals surface area contributed by atoms with Gasteiger partial charge in [0.15, 0.2) is 0 Å². The monoisotopic (exact) mass is 464 g/mol. The predicted molar refractivity (Wildman–Crippen MR) is 124 cm³/mol. The van der Waals surface area contributed by atoms with Crippen molar-refractivity contribution in [3.8, 4) is 5.75 Å². The molecule has 0 aliphatic rings. The largest absolute Gasteiger partial charge is 0.497 e. The molecule has 0 spiro atoms. The highest BCUT2D eigenvalue weighted by Gasteiger charge is 2.37. The van der Waals surface area contributed by atoms with Gasteiger partial charge in [0.1, 0.15) is 23.8 Å². The highest BCUT2D eigenvalue weighted by Crippen LogP contribution is 2.22. The molecule has 1 aromatic rings. The number of methoxy groups -OCH3 is 1. The third kappa shape index (κ3) is 9.46. The van der Waals surface area contributed by atoms with E-state index in [1.54, 1.807) is 52.1 Å². The number of hydrogen-bond donors (Lipinski definition) is 3. The normalized spacial score (nSPS) is 14.2. The lowest BCUT2D eigenvalue weighted by Crippen LogP contribution is -2.58. The number of primary amides is 1. The fourth-order valence-corrected chi connectivity index (χ4v) is 3.42. The Balaban J connectivity index is 3.02. The van der Waals surface area contributed by atoms with Gasteiger partial charge in [-0.2, -0.15) is 0 Å². The van der Waals surface area contributed by atoms with Crippen molar-refractivity contribution in [3.63, 3.8) is 0 Å². The summed E-state index contributed by atoms with van der Waals surface area (Å²) in [5.41, 5.74) is 5.56. The Bertz CT molecular complexity index is 832. The first-order chi connectivity index (χ1) is 15.2. The number of rotatable bonds is 12. The van der Waals surface area contributed by atoms with Crippen LogP contribution in [0, 0.1) is 27.4 Å². The minimum absolute atomic E-state index is 0.0614. The zero-order valence-electron chi connectivity index (χ0n) is 20.2. The summed E-state index contributed by atoms with van der Waals surface area (Å²) in [6, 6.07) is 4.97. The molecule has 0 radical (unpaired) electrons. The third-order valence-corrected chi connectivity index (χ3v) is 5.17. The minimum Gasteiger partial charge on any atom is -0.497 e. The van der Waals surface area contributed by atoms with Gasteiger partial charge >= 0.3 is 0 Å². The summed E-state index contributed by atoms with van der Waals surface area (Å²) in [6.07, 6.45) is 0.472. The molecular formula is C23H36N4O6. The predicted octanol–water partition coefficient (Wildman–Crippen LogP) is 1.68. The Morgan fingerprint density at radius 3 is 2.09 bits per heavy atom. The van der Waals surface area contributed by atoms with Crippen LogP contribution >= 0.6 is 0 Å². The van der Waals surface area contributed by atoms with Crippen LogP contribution in [0.25, 0.3) is 0 Å². The average Bonchev–Trinajstić information content (AvgIpc) is 2.69. The average molecular weight is 465 g/mol. The van der Waals surface area contributed by atoms with Gasteiger partial charge in [-0.1, -0.05) is 46.8 Å². The summed E-state index contributed by atoms with van der Waals surface area (Å²) in [4.78, 5) is 48.5. The number of nitrogens with one attached hydrogen (secondary N) is 2. The molecule has 0 aromatic heterocycles. The van der Waals surface area contributed by atoms with Crippen LogP contribution in [0.4, 0.5) is 0 Å². The zero-order valence-corrected chi connectivity index (χ0v) is 20.2. The van der Waals surface area contributed by atoms with Crippen molar-refractivity contribution in [3.05, 3.63) is 39.9 Å². The van der Waals surface area contributed by atoms with Gasteiger partial charge in [0.05, 0.1) is 7.11 Å². The first-order valence-electron chi connectivity index (χ1n) is 10.9. The van der Waals surface area contributed by atoms with Crippen molar-refractivity contribution in [2.24, 2.45) is 23.0 Å². The van der Waals surface area contributed by atoms with Crippen molar-refractivity contribution in [2.45, 2.75) is 59.5 Å². The molecule has 0 bridgehead atoms. The van der Waals surface area contributed by atoms with Gasteiger partial charge in [-0.25, -0.2) is 0 Å². The van der Waals surface area contributed by atoms with Gasteiger partial charge in [0.25, 0.3) is 0 Å². The lowest BCUT2D eigenvalue weighted by atomic mass is 9.85. The number of benzene rings is 1. The van der Waals surface area contributed by atoms with Crippen LogP contribution in [-0.2, 0) is 20.8 Å². The number of carbonyl (C=O) groups excluding carboxylic acids is 3. The molecule has 0 saturated heterocycles. The van der Waals surface area contributed by atoms with Gasteiger partial charge in [0.2, 0.25) is 24.3 Å². The lowest BCUT2D eigenvalue weighted by molar-refractivity contribution is -0.486. The Kier molecular flexibility index (Phi) is 10.3. The Labute approximate surface area is 194 Å². The maximum Gasteiger partial charge on any atom is 0.243 e. The van der Waals surface area contributed by atoms with E-state index in [0.29, 0.717) is 12.2 Å². The second kappa shape index (κ2) is 12.2. The molecule has 0 fully saturated rings. The molecule has 33 heavy (non-hydrogen) atoms.